The van der Waals surface area contributed by atoms with Crippen molar-refractivity contribution in [2.75, 3.05) is 92.4 Å². The molecule has 32 heteroatoms. The van der Waals surface area contributed by atoms with E-state index in [4.69, 9.17) is 101 Å². The minimum atomic E-state index is -0.377. The summed E-state index contributed by atoms with van der Waals surface area (Å²) in [6.45, 7) is 12.8. The predicted octanol–water partition coefficient (Wildman–Crippen LogP) is 26.2. The Bertz CT molecular complexity index is 7480. The molecule has 5 aliphatic heterocycles. The number of methoxy groups -OCH3 is 1. The number of ether oxygens (including phenoxy) is 6. The highest BCUT2D eigenvalue weighted by molar-refractivity contribution is 9.10. The standard InChI is InChI=1S/C25H21BrClN3O3.C25H20ClN3O2.C23H25ClN2O3.C22H22BrClN2O3.C22H21ClN2O2/c26-21-14-29-23-20(24(21)31)5-3-16-12-17(27)4-6-19(16)22(23)15-7-10-30(11-8-15)25(32)33-18-2-1-9-28-13-18;26-20-7-8-22-19(15-20)6-5-18-3-1-12-28-24(18)23(22)17-9-13-29(14-10-17)25(30)31-21-4-2-11-27-16-21;1-3-29-23(27)26-10-8-15(9-11-26)21-20-7-6-18(24)12-16(20)4-5-17-13-19(28-2)14-25-22(17)21;1-2-29-22(28)26-9-7-13(8-10-26)19-16-6-4-15(24)11-14(16)3-5-17-20(19)25-12-18(23)21(17)27;1-2-27-22(26)25-12-9-15(10-13-25)20-19-8-7-18(23)14-17(19)6-5-16-4-3-11-24-21(16)20/h1-2,4,6,9,12-14H,3,5,7-8,10-11H2,(H,29,31);1-8,11-12,15-16H,9-10,13-14H2;6-7,12-14H,3-5,8-11H2,1-2H3;4,6,11-12H,2-3,5,7-10H2,1H3,(H,25,27);3-8,11,14H,2,9-10,12-13H2,1H3. The molecule has 7 aromatic heterocycles. The van der Waals surface area contributed by atoms with E-state index in [1.807, 2.05) is 112 Å². The number of nitrogens with one attached hydrogen (secondary N) is 2. The number of piperidine rings is 5. The third kappa shape index (κ3) is 24.5. The van der Waals surface area contributed by atoms with Crippen molar-refractivity contribution in [2.45, 2.75) is 124 Å². The first kappa shape index (κ1) is 105. The number of rotatable bonds is 6. The lowest BCUT2D eigenvalue weighted by molar-refractivity contribution is 0.103. The molecule has 0 bridgehead atoms. The molecule has 0 unspecified atom stereocenters. The zero-order valence-electron chi connectivity index (χ0n) is 82.8. The molecule has 764 valence electrons. The molecular weight excluding hydrogens is 2120 g/mol. The van der Waals surface area contributed by atoms with Crippen LogP contribution in [0.4, 0.5) is 24.0 Å². The predicted molar refractivity (Wildman–Crippen MR) is 592 cm³/mol. The number of amides is 5. The highest BCUT2D eigenvalue weighted by atomic mass is 79.9. The zero-order valence-corrected chi connectivity index (χ0v) is 89.7. The van der Waals surface area contributed by atoms with Crippen molar-refractivity contribution in [3.8, 4) is 17.2 Å². The van der Waals surface area contributed by atoms with E-state index in [2.05, 4.69) is 119 Å². The molecular formula is C117H109Br2Cl5N12O13. The number of carbonyl (C=O) groups is 5. The van der Waals surface area contributed by atoms with Gasteiger partial charge in [0.15, 0.2) is 22.4 Å². The Morgan fingerprint density at radius 2 is 0.644 bits per heavy atom. The molecule has 12 heterocycles. The zero-order chi connectivity index (χ0) is 104. The molecule has 5 saturated heterocycles. The number of pyridine rings is 7. The van der Waals surface area contributed by atoms with Gasteiger partial charge in [0.2, 0.25) is 0 Å². The van der Waals surface area contributed by atoms with Crippen molar-refractivity contribution in [2.24, 2.45) is 0 Å². The van der Waals surface area contributed by atoms with Gasteiger partial charge in [-0.25, -0.2) is 24.0 Å². The molecule has 149 heavy (non-hydrogen) atoms. The smallest absolute Gasteiger partial charge is 0.415 e. The molecule has 5 aromatic carbocycles. The topological polar surface area (TPSA) is 287 Å². The number of aromatic nitrogens is 7. The number of H-pyrrole nitrogens is 2. The Morgan fingerprint density at radius 1 is 0.329 bits per heavy atom. The third-order valence-electron chi connectivity index (χ3n) is 28.1. The number of aromatic amines is 2. The molecule has 5 fully saturated rings. The maximum Gasteiger partial charge on any atom is 0.415 e. The van der Waals surface area contributed by atoms with E-state index in [1.165, 1.54) is 61.9 Å². The van der Waals surface area contributed by atoms with Crippen LogP contribution in [0.3, 0.4) is 0 Å². The lowest BCUT2D eigenvalue weighted by Crippen LogP contribution is -2.38. The van der Waals surface area contributed by atoms with Gasteiger partial charge in [0.1, 0.15) is 5.75 Å². The summed E-state index contributed by atoms with van der Waals surface area (Å²) in [5.41, 5.74) is 33.1. The third-order valence-corrected chi connectivity index (χ3v) is 30.5. The van der Waals surface area contributed by atoms with E-state index in [1.54, 1.807) is 93.1 Å². The Labute approximate surface area is 906 Å². The molecule has 0 radical (unpaired) electrons. The largest absolute Gasteiger partial charge is 0.495 e. The summed E-state index contributed by atoms with van der Waals surface area (Å²) < 4.78 is 32.8. The quantitative estimate of drug-likeness (QED) is 0.146. The van der Waals surface area contributed by atoms with Crippen LogP contribution < -0.4 is 25.1 Å². The number of fused-ring (bicyclic) bond motifs is 10. The number of halogens is 7. The molecule has 2 N–H and O–H groups in total. The number of nitrogens with zero attached hydrogens (tertiary/aromatic N) is 10. The Balaban J connectivity index is 0.000000122. The monoisotopic (exact) mass is 2220 g/mol. The molecule has 5 aliphatic carbocycles. The van der Waals surface area contributed by atoms with Gasteiger partial charge < -0.3 is 62.9 Å². The van der Waals surface area contributed by atoms with Crippen molar-refractivity contribution >= 4 is 173 Å². The van der Waals surface area contributed by atoms with Gasteiger partial charge >= 0.3 is 30.5 Å². The summed E-state index contributed by atoms with van der Waals surface area (Å²) in [4.78, 5) is 125. The molecule has 0 spiro atoms. The Morgan fingerprint density at radius 3 is 1.00 bits per heavy atom. The van der Waals surface area contributed by atoms with Gasteiger partial charge in [0.05, 0.1) is 82.9 Å². The average Bonchev–Trinajstić information content (AvgIpc) is 1.63. The van der Waals surface area contributed by atoms with Gasteiger partial charge in [-0.15, -0.1) is 0 Å². The van der Waals surface area contributed by atoms with Crippen molar-refractivity contribution in [3.05, 3.63) is 396 Å². The Kier molecular flexibility index (Phi) is 34.6. The summed E-state index contributed by atoms with van der Waals surface area (Å²) in [5, 5.41) is 3.56. The molecule has 5 amide bonds. The molecule has 25 nitrogen and oxygen atoms in total. The maximum atomic E-state index is 12.9. The van der Waals surface area contributed by atoms with E-state index in [-0.39, 0.29) is 41.3 Å². The van der Waals surface area contributed by atoms with Crippen LogP contribution >= 0.6 is 89.9 Å². The van der Waals surface area contributed by atoms with Crippen LogP contribution in [0.15, 0.2) is 248 Å². The minimum Gasteiger partial charge on any atom is -0.495 e. The van der Waals surface area contributed by atoms with Gasteiger partial charge in [-0.3, -0.25) is 34.5 Å². The first-order valence-electron chi connectivity index (χ1n) is 50.1. The van der Waals surface area contributed by atoms with Crippen molar-refractivity contribution in [1.29, 1.82) is 0 Å². The van der Waals surface area contributed by atoms with Crippen LogP contribution in [-0.2, 0) is 52.7 Å². The molecule has 0 atom stereocenters. The fourth-order valence-corrected chi connectivity index (χ4v) is 22.5. The van der Waals surface area contributed by atoms with Gasteiger partial charge in [-0.1, -0.05) is 153 Å². The molecule has 12 aromatic rings. The van der Waals surface area contributed by atoms with E-state index < -0.39 is 0 Å². The van der Waals surface area contributed by atoms with E-state index >= 15 is 0 Å². The number of hydrogen-bond acceptors (Lipinski definition) is 18. The SMILES string of the molecule is CCOC(=O)N1CCC(=C2c3ccc(Cl)cc3C=Cc3cccnc32)CC1.CCOC(=O)N1CCC(=C2c3ccc(Cl)cc3CCc3c2[nH]cc(Br)c3=O)CC1.CCOC(=O)N1CCC(=C2c3ccc(Cl)cc3CCc3cc(OC)cnc32)CC1.O=C(Oc1cccnc1)N1CCC(=C2c3ccc(Cl)cc3C=Cc3cccnc32)CC1.O=C(Oc1cccnc1)N1CCC(=C2c3ccc(Cl)cc3CCc3c2[nH]cc(Br)c3=O)CC1. The van der Waals surface area contributed by atoms with Crippen molar-refractivity contribution < 1.29 is 52.4 Å². The summed E-state index contributed by atoms with van der Waals surface area (Å²) in [5.74, 6) is 1.66. The molecule has 10 aliphatic rings. The number of likely N-dealkylation sites (tertiary alicyclic amines) is 5. The van der Waals surface area contributed by atoms with Gasteiger partial charge in [-0.2, -0.15) is 0 Å². The van der Waals surface area contributed by atoms with Crippen molar-refractivity contribution in [1.82, 2.24) is 59.4 Å². The minimum absolute atomic E-state index is 0.0123. The second-order valence-corrected chi connectivity index (χ2v) is 40.9. The van der Waals surface area contributed by atoms with Crippen LogP contribution in [0.5, 0.6) is 17.2 Å². The summed E-state index contributed by atoms with van der Waals surface area (Å²) in [6.07, 6.45) is 34.4. The lowest BCUT2D eigenvalue weighted by atomic mass is 9.88. The molecule has 22 rings (SSSR count). The molecule has 0 saturated carbocycles. The number of carbonyl (C=O) groups excluding carboxylic acids is 5. The first-order valence-corrected chi connectivity index (χ1v) is 53.6. The fraction of sp³-hybridized carbons (Fsp3) is 0.282. The number of hydrogen-bond donors (Lipinski definition) is 2. The number of benzene rings is 5. The van der Waals surface area contributed by atoms with E-state index in [0.717, 1.165) is 205 Å². The van der Waals surface area contributed by atoms with Gasteiger partial charge in [-0.05, 0) is 320 Å². The maximum absolute atomic E-state index is 12.9. The summed E-state index contributed by atoms with van der Waals surface area (Å²) in [7, 11) is 1.67. The van der Waals surface area contributed by atoms with Crippen LogP contribution in [-0.4, -0.2) is 182 Å². The van der Waals surface area contributed by atoms with Crippen molar-refractivity contribution in [3.63, 3.8) is 0 Å². The van der Waals surface area contributed by atoms with Crippen LogP contribution in [0.1, 0.15) is 197 Å². The second-order valence-electron chi connectivity index (χ2n) is 37.0. The van der Waals surface area contributed by atoms with Gasteiger partial charge in [0, 0.05) is 178 Å². The second kappa shape index (κ2) is 48.9. The van der Waals surface area contributed by atoms with Crippen LogP contribution in [0, 0.1) is 0 Å². The van der Waals surface area contributed by atoms with Gasteiger partial charge in [0.25, 0.3) is 0 Å². The van der Waals surface area contributed by atoms with E-state index in [0.29, 0.717) is 146 Å². The normalized spacial score (nSPS) is 15.7. The van der Waals surface area contributed by atoms with Crippen LogP contribution in [0.2, 0.25) is 25.1 Å². The Hall–Kier alpha value is -13.5. The summed E-state index contributed by atoms with van der Waals surface area (Å²) >= 11 is 38.1. The highest BCUT2D eigenvalue weighted by Crippen LogP contribution is 2.47. The lowest BCUT2D eigenvalue weighted by Gasteiger charge is -2.29. The highest BCUT2D eigenvalue weighted by Gasteiger charge is 2.36. The fourth-order valence-electron chi connectivity index (χ4n) is 20.8. The number of aryl methyl sites for hydroxylation is 4. The summed E-state index contributed by atoms with van der Waals surface area (Å²) in [6, 6.07) is 47.0. The van der Waals surface area contributed by atoms with E-state index in [9.17, 15) is 33.6 Å². The average molecular weight is 2230 g/mol. The first-order chi connectivity index (χ1) is 72.5. The van der Waals surface area contributed by atoms with Crippen LogP contribution in [0.25, 0.3) is 52.2 Å².